The monoisotopic (exact) mass is 560 g/mol. The topological polar surface area (TPSA) is 69.6 Å². The van der Waals surface area contributed by atoms with Crippen molar-refractivity contribution in [2.45, 2.75) is 52.7 Å². The molecular formula is C33H37FN2O5. The lowest BCUT2D eigenvalue weighted by atomic mass is 9.89. The van der Waals surface area contributed by atoms with E-state index in [2.05, 4.69) is 0 Å². The molecule has 7 nitrogen and oxygen atoms in total. The first-order valence-electron chi connectivity index (χ1n) is 13.4. The number of allylic oxidation sites excluding steroid dienone is 1. The minimum Gasteiger partial charge on any atom is -0.497 e. The van der Waals surface area contributed by atoms with Gasteiger partial charge in [-0.05, 0) is 86.9 Å². The molecule has 0 amide bonds. The van der Waals surface area contributed by atoms with Crippen molar-refractivity contribution in [1.29, 1.82) is 0 Å². The Balaban J connectivity index is 1.80. The van der Waals surface area contributed by atoms with Crippen molar-refractivity contribution in [2.24, 2.45) is 4.99 Å². The number of aryl methyl sites for hydroxylation is 1. The Morgan fingerprint density at radius 3 is 2.22 bits per heavy atom. The van der Waals surface area contributed by atoms with Gasteiger partial charge in [0.1, 0.15) is 40.1 Å². The van der Waals surface area contributed by atoms with Gasteiger partial charge in [-0.15, -0.1) is 0 Å². The molecule has 0 fully saturated rings. The van der Waals surface area contributed by atoms with E-state index in [0.29, 0.717) is 41.9 Å². The zero-order valence-electron chi connectivity index (χ0n) is 24.7. The number of rotatable bonds is 10. The van der Waals surface area contributed by atoms with Gasteiger partial charge in [0.25, 0.3) is 6.02 Å². The molecule has 0 bridgehead atoms. The molecule has 0 unspecified atom stereocenters. The molecule has 8 heteroatoms. The molecule has 41 heavy (non-hydrogen) atoms. The van der Waals surface area contributed by atoms with Gasteiger partial charge in [-0.3, -0.25) is 4.79 Å². The zero-order valence-corrected chi connectivity index (χ0v) is 24.7. The van der Waals surface area contributed by atoms with Crippen LogP contribution in [0.1, 0.15) is 48.6 Å². The number of nitrogens with zero attached hydrogens (tertiary/aromatic N) is 2. The predicted molar refractivity (Wildman–Crippen MR) is 157 cm³/mol. The van der Waals surface area contributed by atoms with Crippen molar-refractivity contribution in [2.75, 3.05) is 21.3 Å². The molecule has 3 aromatic carbocycles. The summed E-state index contributed by atoms with van der Waals surface area (Å²) in [6.45, 7) is 8.08. The zero-order chi connectivity index (χ0) is 29.7. The number of aliphatic imine (C=N–C) groups is 1. The van der Waals surface area contributed by atoms with E-state index in [4.69, 9.17) is 23.9 Å². The molecule has 0 radical (unpaired) electrons. The lowest BCUT2D eigenvalue weighted by molar-refractivity contribution is -0.116. The number of benzene rings is 3. The van der Waals surface area contributed by atoms with Crippen molar-refractivity contribution >= 4 is 11.8 Å². The molecular weight excluding hydrogens is 523 g/mol. The molecule has 1 heterocycles. The van der Waals surface area contributed by atoms with E-state index in [-0.39, 0.29) is 12.2 Å². The summed E-state index contributed by atoms with van der Waals surface area (Å²) in [5.74, 6) is 2.31. The Hall–Kier alpha value is -4.33. The number of amidine groups is 1. The summed E-state index contributed by atoms with van der Waals surface area (Å²) in [5.41, 5.74) is 3.04. The quantitative estimate of drug-likeness (QED) is 0.282. The second-order valence-electron chi connectivity index (χ2n) is 10.4. The van der Waals surface area contributed by atoms with Crippen LogP contribution in [-0.2, 0) is 34.6 Å². The van der Waals surface area contributed by atoms with Gasteiger partial charge >= 0.3 is 0 Å². The molecule has 3 aromatic rings. The maximum absolute atomic E-state index is 15.3. The van der Waals surface area contributed by atoms with Crippen LogP contribution in [-0.4, -0.2) is 38.0 Å². The number of Topliss-reactive ketones (excluding diaryl/α,β-unsaturated/α-hetero) is 1. The number of carbonyl (C=O) groups is 1. The van der Waals surface area contributed by atoms with Gasteiger partial charge in [0.2, 0.25) is 0 Å². The molecule has 1 aliphatic rings. The second-order valence-corrected chi connectivity index (χ2v) is 10.4. The molecule has 1 aliphatic heterocycles. The molecule has 4 rings (SSSR count). The van der Waals surface area contributed by atoms with Crippen molar-refractivity contribution in [3.8, 4) is 17.2 Å². The van der Waals surface area contributed by atoms with Crippen LogP contribution in [0.15, 0.2) is 71.4 Å². The summed E-state index contributed by atoms with van der Waals surface area (Å²) in [4.78, 5) is 18.8. The fraction of sp³-hybridized carbons (Fsp3) is 0.333. The molecule has 0 aromatic heterocycles. The molecule has 0 saturated carbocycles. The van der Waals surface area contributed by atoms with Gasteiger partial charge in [0.15, 0.2) is 0 Å². The molecule has 0 aliphatic carbocycles. The third-order valence-electron chi connectivity index (χ3n) is 7.13. The Labute approximate surface area is 241 Å². The lowest BCUT2D eigenvalue weighted by Gasteiger charge is -2.34. The van der Waals surface area contributed by atoms with Gasteiger partial charge in [0, 0.05) is 30.2 Å². The molecule has 0 N–H and O–H groups in total. The van der Waals surface area contributed by atoms with Gasteiger partial charge in [-0.1, -0.05) is 12.1 Å². The van der Waals surface area contributed by atoms with Crippen LogP contribution in [0.2, 0.25) is 0 Å². The Morgan fingerprint density at radius 1 is 0.927 bits per heavy atom. The van der Waals surface area contributed by atoms with Crippen LogP contribution in [0, 0.1) is 12.7 Å². The third-order valence-corrected chi connectivity index (χ3v) is 7.13. The first kappa shape index (κ1) is 29.6. The van der Waals surface area contributed by atoms with Crippen LogP contribution in [0.4, 0.5) is 4.39 Å². The second kappa shape index (κ2) is 12.5. The van der Waals surface area contributed by atoms with E-state index in [1.54, 1.807) is 39.5 Å². The lowest BCUT2D eigenvalue weighted by Crippen LogP contribution is -2.37. The van der Waals surface area contributed by atoms with Crippen LogP contribution in [0.25, 0.3) is 0 Å². The van der Waals surface area contributed by atoms with Gasteiger partial charge in [0.05, 0.1) is 27.9 Å². The number of ketones is 1. The summed E-state index contributed by atoms with van der Waals surface area (Å²) in [7, 11) is 4.87. The Bertz CT molecular complexity index is 1500. The van der Waals surface area contributed by atoms with Crippen LogP contribution < -0.4 is 14.2 Å². The summed E-state index contributed by atoms with van der Waals surface area (Å²) in [6, 6.07) is 16.7. The summed E-state index contributed by atoms with van der Waals surface area (Å²) < 4.78 is 38.0. The van der Waals surface area contributed by atoms with E-state index in [1.165, 1.54) is 13.0 Å². The fourth-order valence-electron chi connectivity index (χ4n) is 5.01. The number of hydrogen-bond acceptors (Lipinski definition) is 7. The molecule has 1 atom stereocenters. The number of ether oxygens (including phenoxy) is 4. The first-order chi connectivity index (χ1) is 19.5. The summed E-state index contributed by atoms with van der Waals surface area (Å²) in [6.07, 6.45) is 2.02. The van der Waals surface area contributed by atoms with Gasteiger partial charge < -0.3 is 23.8 Å². The Kier molecular flexibility index (Phi) is 9.01. The average molecular weight is 561 g/mol. The van der Waals surface area contributed by atoms with E-state index in [0.717, 1.165) is 28.0 Å². The van der Waals surface area contributed by atoms with Crippen LogP contribution in [0.5, 0.6) is 17.2 Å². The molecule has 216 valence electrons. The normalized spacial score (nSPS) is 16.3. The maximum Gasteiger partial charge on any atom is 0.294 e. The van der Waals surface area contributed by atoms with Gasteiger partial charge in [-0.2, -0.15) is 0 Å². The van der Waals surface area contributed by atoms with Crippen molar-refractivity contribution < 1.29 is 28.1 Å². The molecule has 0 saturated heterocycles. The van der Waals surface area contributed by atoms with Crippen LogP contribution >= 0.6 is 0 Å². The largest absolute Gasteiger partial charge is 0.497 e. The third kappa shape index (κ3) is 6.88. The van der Waals surface area contributed by atoms with E-state index in [9.17, 15) is 4.79 Å². The SMILES string of the molecule is COc1ccc(CN(Cc2ccc(OC)cc2OC)C2=N[C@](C)(c3cc(CC(C)=O)ccc3F)C=C(C)O2)c(C)c1. The standard InChI is InChI=1S/C33H37FN2O5/c1-21-14-27(38-5)11-9-25(21)19-36(20-26-10-12-28(39-6)17-31(26)40-7)32-35-33(4,18-23(3)41-32)29-16-24(15-22(2)37)8-13-30(29)34/h8-14,16-18H,15,19-20H2,1-7H3/t33-/m0/s1. The van der Waals surface area contributed by atoms with Crippen LogP contribution in [0.3, 0.4) is 0 Å². The number of carbonyl (C=O) groups excluding carboxylic acids is 1. The van der Waals surface area contributed by atoms with Crippen molar-refractivity contribution in [3.63, 3.8) is 0 Å². The van der Waals surface area contributed by atoms with E-state index in [1.807, 2.05) is 62.1 Å². The summed E-state index contributed by atoms with van der Waals surface area (Å²) in [5, 5.41) is 0. The fourth-order valence-corrected chi connectivity index (χ4v) is 5.01. The number of halogens is 1. The predicted octanol–water partition coefficient (Wildman–Crippen LogP) is 6.50. The first-order valence-corrected chi connectivity index (χ1v) is 13.4. The Morgan fingerprint density at radius 2 is 1.59 bits per heavy atom. The number of methoxy groups -OCH3 is 3. The smallest absolute Gasteiger partial charge is 0.294 e. The maximum atomic E-state index is 15.3. The highest BCUT2D eigenvalue weighted by atomic mass is 19.1. The van der Waals surface area contributed by atoms with Crippen molar-refractivity contribution in [1.82, 2.24) is 4.90 Å². The van der Waals surface area contributed by atoms with Crippen molar-refractivity contribution in [3.05, 3.63) is 100 Å². The number of hydrogen-bond donors (Lipinski definition) is 0. The highest BCUT2D eigenvalue weighted by molar-refractivity contribution is 5.79. The minimum atomic E-state index is -1.06. The van der Waals surface area contributed by atoms with E-state index >= 15 is 4.39 Å². The highest BCUT2D eigenvalue weighted by Gasteiger charge is 2.34. The van der Waals surface area contributed by atoms with Gasteiger partial charge in [-0.25, -0.2) is 9.38 Å². The minimum absolute atomic E-state index is 0.00470. The highest BCUT2D eigenvalue weighted by Crippen LogP contribution is 2.36. The van der Waals surface area contributed by atoms with E-state index < -0.39 is 11.4 Å². The summed E-state index contributed by atoms with van der Waals surface area (Å²) >= 11 is 0. The average Bonchev–Trinajstić information content (AvgIpc) is 2.93. The molecule has 0 spiro atoms.